The molecular weight excluding hydrogens is 462 g/mol. The van der Waals surface area contributed by atoms with Gasteiger partial charge >= 0.3 is 6.03 Å². The van der Waals surface area contributed by atoms with Crippen LogP contribution in [0.3, 0.4) is 0 Å². The maximum absolute atomic E-state index is 13.3. The van der Waals surface area contributed by atoms with Crippen LogP contribution in [0.5, 0.6) is 0 Å². The molecule has 186 valence electrons. The van der Waals surface area contributed by atoms with E-state index in [0.717, 1.165) is 15.7 Å². The topological polar surface area (TPSA) is 125 Å². The van der Waals surface area contributed by atoms with Gasteiger partial charge in [-0.1, -0.05) is 41.6 Å². The average Bonchev–Trinajstić information content (AvgIpc) is 3.41. The van der Waals surface area contributed by atoms with E-state index >= 15 is 0 Å². The van der Waals surface area contributed by atoms with Gasteiger partial charge in [0.05, 0.1) is 0 Å². The van der Waals surface area contributed by atoms with Gasteiger partial charge in [-0.2, -0.15) is 0 Å². The molecule has 2 saturated heterocycles. The average molecular weight is 490 g/mol. The van der Waals surface area contributed by atoms with Crippen LogP contribution in [0.25, 0.3) is 10.8 Å². The highest BCUT2D eigenvalue weighted by Crippen LogP contribution is 2.31. The number of rotatable bonds is 5. The van der Waals surface area contributed by atoms with Crippen molar-refractivity contribution < 1.29 is 23.7 Å². The molecule has 0 radical (unpaired) electrons. The molecule has 3 aromatic rings. The molecule has 0 bridgehead atoms. The highest BCUT2D eigenvalue weighted by atomic mass is 16.5. The second-order valence-corrected chi connectivity index (χ2v) is 9.46. The van der Waals surface area contributed by atoms with Crippen LogP contribution in [-0.2, 0) is 15.1 Å². The molecule has 5 amide bonds. The lowest BCUT2D eigenvalue weighted by Gasteiger charge is -2.33. The Morgan fingerprint density at radius 2 is 1.83 bits per heavy atom. The van der Waals surface area contributed by atoms with E-state index in [1.807, 2.05) is 42.5 Å². The second-order valence-electron chi connectivity index (χ2n) is 9.46. The van der Waals surface area contributed by atoms with Crippen molar-refractivity contribution in [2.75, 3.05) is 19.6 Å². The number of carbonyl (C=O) groups excluding carboxylic acids is 4. The van der Waals surface area contributed by atoms with Gasteiger partial charge < -0.3 is 20.1 Å². The molecule has 1 atom stereocenters. The van der Waals surface area contributed by atoms with Crippen molar-refractivity contribution in [2.45, 2.75) is 38.3 Å². The zero-order chi connectivity index (χ0) is 25.4. The Morgan fingerprint density at radius 3 is 2.53 bits per heavy atom. The van der Waals surface area contributed by atoms with Crippen molar-refractivity contribution in [3.8, 4) is 0 Å². The number of piperidine rings is 1. The van der Waals surface area contributed by atoms with Gasteiger partial charge in [0.1, 0.15) is 17.8 Å². The molecule has 2 aliphatic heterocycles. The summed E-state index contributed by atoms with van der Waals surface area (Å²) in [4.78, 5) is 53.9. The largest absolute Gasteiger partial charge is 0.361 e. The number of aromatic nitrogens is 1. The first kappa shape index (κ1) is 23.5. The number of hydrogen-bond donors (Lipinski definition) is 2. The molecule has 2 aromatic carbocycles. The van der Waals surface area contributed by atoms with Crippen molar-refractivity contribution >= 4 is 34.5 Å². The first-order valence-electron chi connectivity index (χ1n) is 11.9. The van der Waals surface area contributed by atoms with E-state index in [4.69, 9.17) is 4.52 Å². The Bertz CT molecular complexity index is 1360. The van der Waals surface area contributed by atoms with E-state index in [-0.39, 0.29) is 30.1 Å². The van der Waals surface area contributed by atoms with Crippen molar-refractivity contribution in [2.24, 2.45) is 0 Å². The molecular formula is C26H27N5O5. The molecule has 2 N–H and O–H groups in total. The first-order valence-corrected chi connectivity index (χ1v) is 11.9. The summed E-state index contributed by atoms with van der Waals surface area (Å²) in [6.45, 7) is 3.86. The van der Waals surface area contributed by atoms with Gasteiger partial charge in [0, 0.05) is 25.2 Å². The fraction of sp³-hybridized carbons (Fsp3) is 0.346. The normalized spacial score (nSPS) is 20.6. The van der Waals surface area contributed by atoms with Crippen LogP contribution < -0.4 is 10.6 Å². The van der Waals surface area contributed by atoms with E-state index in [1.54, 1.807) is 24.8 Å². The molecule has 5 rings (SSSR count). The number of hydrogen-bond acceptors (Lipinski definition) is 6. The van der Waals surface area contributed by atoms with Crippen LogP contribution >= 0.6 is 0 Å². The molecule has 3 heterocycles. The zero-order valence-electron chi connectivity index (χ0n) is 20.1. The number of nitrogens with zero attached hydrogens (tertiary/aromatic N) is 3. The van der Waals surface area contributed by atoms with Gasteiger partial charge in [0.15, 0.2) is 5.69 Å². The summed E-state index contributed by atoms with van der Waals surface area (Å²) in [6.07, 6.45) is 1.12. The molecule has 2 aliphatic rings. The number of fused-ring (bicyclic) bond motifs is 1. The number of nitrogens with one attached hydrogen (secondary N) is 2. The maximum Gasteiger partial charge on any atom is 0.325 e. The van der Waals surface area contributed by atoms with Crippen LogP contribution in [0.4, 0.5) is 4.79 Å². The quantitative estimate of drug-likeness (QED) is 0.530. The number of aryl methyl sites for hydroxylation is 1. The standard InChI is InChI=1S/C26H27N5O5/c1-16-13-21(29-36-16)23(33)27-20-9-11-30(12-10-20)22(32)15-31-24(34)26(2,28-25(31)35)19-8-7-17-5-3-4-6-18(17)14-19/h3-8,13-14,20H,9-12,15H2,1-2H3,(H,27,33)(H,28,35). The Hall–Kier alpha value is -4.21. The number of benzene rings is 2. The van der Waals surface area contributed by atoms with Crippen molar-refractivity contribution in [1.29, 1.82) is 0 Å². The number of imide groups is 1. The van der Waals surface area contributed by atoms with Gasteiger partial charge in [-0.25, -0.2) is 4.79 Å². The van der Waals surface area contributed by atoms with E-state index in [0.29, 0.717) is 37.3 Å². The predicted molar refractivity (Wildman–Crippen MR) is 130 cm³/mol. The summed E-state index contributed by atoms with van der Waals surface area (Å²) in [6, 6.07) is 14.3. The van der Waals surface area contributed by atoms with Gasteiger partial charge in [-0.05, 0) is 49.1 Å². The number of amides is 5. The summed E-state index contributed by atoms with van der Waals surface area (Å²) in [5.74, 6) is -0.527. The lowest BCUT2D eigenvalue weighted by Crippen LogP contribution is -2.50. The lowest BCUT2D eigenvalue weighted by atomic mass is 9.90. The Balaban J connectivity index is 1.20. The number of likely N-dealkylation sites (tertiary alicyclic amines) is 1. The summed E-state index contributed by atoms with van der Waals surface area (Å²) in [5.41, 5.74) is -0.370. The molecule has 0 saturated carbocycles. The predicted octanol–water partition coefficient (Wildman–Crippen LogP) is 2.32. The van der Waals surface area contributed by atoms with Crippen LogP contribution in [0.15, 0.2) is 53.1 Å². The molecule has 10 nitrogen and oxygen atoms in total. The van der Waals surface area contributed by atoms with E-state index in [9.17, 15) is 19.2 Å². The van der Waals surface area contributed by atoms with Crippen molar-refractivity contribution in [3.63, 3.8) is 0 Å². The highest BCUT2D eigenvalue weighted by Gasteiger charge is 2.49. The van der Waals surface area contributed by atoms with Gasteiger partial charge in [0.25, 0.3) is 11.8 Å². The minimum atomic E-state index is -1.25. The molecule has 0 spiro atoms. The minimum Gasteiger partial charge on any atom is -0.361 e. The summed E-state index contributed by atoms with van der Waals surface area (Å²) in [5, 5.41) is 11.4. The van der Waals surface area contributed by atoms with Crippen molar-refractivity contribution in [3.05, 3.63) is 65.5 Å². The maximum atomic E-state index is 13.3. The summed E-state index contributed by atoms with van der Waals surface area (Å²) >= 11 is 0. The van der Waals surface area contributed by atoms with Crippen LogP contribution in [-0.4, -0.2) is 64.4 Å². The smallest absolute Gasteiger partial charge is 0.325 e. The van der Waals surface area contributed by atoms with Crippen LogP contribution in [0.1, 0.15) is 41.6 Å². The Morgan fingerprint density at radius 1 is 1.11 bits per heavy atom. The van der Waals surface area contributed by atoms with Crippen LogP contribution in [0.2, 0.25) is 0 Å². The van der Waals surface area contributed by atoms with Crippen LogP contribution in [0, 0.1) is 6.92 Å². The van der Waals surface area contributed by atoms with Gasteiger partial charge in [-0.15, -0.1) is 0 Å². The summed E-state index contributed by atoms with van der Waals surface area (Å²) in [7, 11) is 0. The van der Waals surface area contributed by atoms with E-state index in [1.165, 1.54) is 0 Å². The van der Waals surface area contributed by atoms with E-state index in [2.05, 4.69) is 15.8 Å². The number of urea groups is 1. The Labute approximate surface area is 207 Å². The molecule has 0 aliphatic carbocycles. The first-order chi connectivity index (χ1) is 17.2. The summed E-state index contributed by atoms with van der Waals surface area (Å²) < 4.78 is 4.94. The van der Waals surface area contributed by atoms with Gasteiger partial charge in [0.2, 0.25) is 5.91 Å². The SMILES string of the molecule is Cc1cc(C(=O)NC2CCN(C(=O)CN3C(=O)NC(C)(c4ccc5ccccc5c4)C3=O)CC2)no1. The number of carbonyl (C=O) groups is 4. The molecule has 2 fully saturated rings. The molecule has 1 aromatic heterocycles. The molecule has 1 unspecified atom stereocenters. The zero-order valence-corrected chi connectivity index (χ0v) is 20.1. The second kappa shape index (κ2) is 9.10. The molecule has 36 heavy (non-hydrogen) atoms. The highest BCUT2D eigenvalue weighted by molar-refractivity contribution is 6.09. The molecule has 10 heteroatoms. The third kappa shape index (κ3) is 4.30. The van der Waals surface area contributed by atoms with Crippen molar-refractivity contribution in [1.82, 2.24) is 25.6 Å². The third-order valence-electron chi connectivity index (χ3n) is 6.94. The monoisotopic (exact) mass is 489 g/mol. The lowest BCUT2D eigenvalue weighted by molar-refractivity contribution is -0.139. The third-order valence-corrected chi connectivity index (χ3v) is 6.94. The minimum absolute atomic E-state index is 0.105. The van der Waals surface area contributed by atoms with E-state index < -0.39 is 17.5 Å². The fourth-order valence-electron chi connectivity index (χ4n) is 4.78. The fourth-order valence-corrected chi connectivity index (χ4v) is 4.78. The Kier molecular flexibility index (Phi) is 5.95. The van der Waals surface area contributed by atoms with Gasteiger partial charge in [-0.3, -0.25) is 19.3 Å².